The van der Waals surface area contributed by atoms with Gasteiger partial charge in [0.1, 0.15) is 0 Å². The quantitative estimate of drug-likeness (QED) is 0.574. The number of anilines is 2. The van der Waals surface area contributed by atoms with Crippen LogP contribution in [-0.2, 0) is 4.74 Å². The van der Waals surface area contributed by atoms with Crippen LogP contribution in [0.15, 0.2) is 18.2 Å². The van der Waals surface area contributed by atoms with E-state index in [1.54, 1.807) is 6.07 Å². The van der Waals surface area contributed by atoms with Crippen molar-refractivity contribution in [2.24, 2.45) is 0 Å². The minimum absolute atomic E-state index is 0.109. The van der Waals surface area contributed by atoms with E-state index in [9.17, 15) is 0 Å². The van der Waals surface area contributed by atoms with Gasteiger partial charge in [-0.05, 0) is 36.6 Å². The average molecular weight is 222 g/mol. The SMILES string of the molecule is CCCCOC(CC)c1cc(N)cc(N)c1. The number of unbranched alkanes of at least 4 members (excludes halogenated alkanes) is 1. The van der Waals surface area contributed by atoms with Crippen molar-refractivity contribution in [1.29, 1.82) is 0 Å². The van der Waals surface area contributed by atoms with Crippen LogP contribution in [-0.4, -0.2) is 6.61 Å². The maximum absolute atomic E-state index is 5.82. The number of nitrogen functional groups attached to an aromatic ring is 2. The fourth-order valence-electron chi connectivity index (χ4n) is 1.71. The molecule has 0 radical (unpaired) electrons. The standard InChI is InChI=1S/C13H22N2O/c1-3-5-6-16-13(4-2)10-7-11(14)9-12(15)8-10/h7-9,13H,3-6,14-15H2,1-2H3. The highest BCUT2D eigenvalue weighted by atomic mass is 16.5. The normalized spacial score (nSPS) is 12.6. The number of hydrogen-bond donors (Lipinski definition) is 2. The predicted octanol–water partition coefficient (Wildman–Crippen LogP) is 3.12. The lowest BCUT2D eigenvalue weighted by Crippen LogP contribution is -2.06. The maximum atomic E-state index is 5.82. The van der Waals surface area contributed by atoms with E-state index < -0.39 is 0 Å². The van der Waals surface area contributed by atoms with Crippen LogP contribution in [0.5, 0.6) is 0 Å². The zero-order valence-electron chi connectivity index (χ0n) is 10.2. The van der Waals surface area contributed by atoms with Crippen molar-refractivity contribution >= 4 is 11.4 Å². The van der Waals surface area contributed by atoms with Crippen molar-refractivity contribution in [2.45, 2.75) is 39.2 Å². The van der Waals surface area contributed by atoms with E-state index in [2.05, 4.69) is 13.8 Å². The van der Waals surface area contributed by atoms with E-state index in [-0.39, 0.29) is 6.10 Å². The molecule has 16 heavy (non-hydrogen) atoms. The first-order valence-electron chi connectivity index (χ1n) is 5.94. The summed E-state index contributed by atoms with van der Waals surface area (Å²) < 4.78 is 5.82. The zero-order valence-corrected chi connectivity index (χ0v) is 10.2. The Morgan fingerprint density at radius 3 is 2.25 bits per heavy atom. The summed E-state index contributed by atoms with van der Waals surface area (Å²) in [6.07, 6.45) is 3.29. The fraction of sp³-hybridized carbons (Fsp3) is 0.538. The van der Waals surface area contributed by atoms with Gasteiger partial charge in [-0.1, -0.05) is 20.3 Å². The van der Waals surface area contributed by atoms with Gasteiger partial charge in [-0.25, -0.2) is 0 Å². The van der Waals surface area contributed by atoms with E-state index in [4.69, 9.17) is 16.2 Å². The second-order valence-corrected chi connectivity index (χ2v) is 4.05. The molecule has 0 aliphatic heterocycles. The Morgan fingerprint density at radius 2 is 1.75 bits per heavy atom. The lowest BCUT2D eigenvalue weighted by molar-refractivity contribution is 0.0482. The number of hydrogen-bond acceptors (Lipinski definition) is 3. The summed E-state index contributed by atoms with van der Waals surface area (Å²) in [5.74, 6) is 0. The Morgan fingerprint density at radius 1 is 1.12 bits per heavy atom. The largest absolute Gasteiger partial charge is 0.399 e. The summed E-state index contributed by atoms with van der Waals surface area (Å²) >= 11 is 0. The molecule has 3 heteroatoms. The number of ether oxygens (including phenoxy) is 1. The van der Waals surface area contributed by atoms with Gasteiger partial charge < -0.3 is 16.2 Å². The second kappa shape index (κ2) is 6.38. The zero-order chi connectivity index (χ0) is 12.0. The van der Waals surface area contributed by atoms with Crippen LogP contribution in [0.25, 0.3) is 0 Å². The predicted molar refractivity (Wildman–Crippen MR) is 69.2 cm³/mol. The molecule has 0 saturated carbocycles. The molecule has 0 fully saturated rings. The third-order valence-corrected chi connectivity index (χ3v) is 2.56. The van der Waals surface area contributed by atoms with Gasteiger partial charge >= 0.3 is 0 Å². The van der Waals surface area contributed by atoms with Gasteiger partial charge in [0.15, 0.2) is 0 Å². The summed E-state index contributed by atoms with van der Waals surface area (Å²) in [6.45, 7) is 5.06. The number of nitrogens with two attached hydrogens (primary N) is 2. The Kier molecular flexibility index (Phi) is 5.12. The Balaban J connectivity index is 2.70. The van der Waals surface area contributed by atoms with E-state index in [0.717, 1.165) is 31.4 Å². The summed E-state index contributed by atoms with van der Waals surface area (Å²) in [5.41, 5.74) is 14.0. The molecule has 0 aliphatic carbocycles. The van der Waals surface area contributed by atoms with Gasteiger partial charge in [-0.15, -0.1) is 0 Å². The molecule has 1 aromatic rings. The van der Waals surface area contributed by atoms with E-state index in [0.29, 0.717) is 11.4 Å². The molecular formula is C13H22N2O. The lowest BCUT2D eigenvalue weighted by atomic mass is 10.1. The van der Waals surface area contributed by atoms with Crippen LogP contribution in [0, 0.1) is 0 Å². The molecule has 1 rings (SSSR count). The van der Waals surface area contributed by atoms with Crippen molar-refractivity contribution in [3.63, 3.8) is 0 Å². The van der Waals surface area contributed by atoms with Crippen LogP contribution < -0.4 is 11.5 Å². The molecule has 0 saturated heterocycles. The van der Waals surface area contributed by atoms with E-state index >= 15 is 0 Å². The summed E-state index contributed by atoms with van der Waals surface area (Å²) in [4.78, 5) is 0. The van der Waals surface area contributed by atoms with Crippen LogP contribution >= 0.6 is 0 Å². The number of benzene rings is 1. The molecule has 90 valence electrons. The molecule has 0 amide bonds. The van der Waals surface area contributed by atoms with Crippen molar-refractivity contribution in [1.82, 2.24) is 0 Å². The van der Waals surface area contributed by atoms with Gasteiger partial charge in [0.25, 0.3) is 0 Å². The first-order valence-corrected chi connectivity index (χ1v) is 5.94. The molecule has 0 spiro atoms. The van der Waals surface area contributed by atoms with Crippen LogP contribution in [0.2, 0.25) is 0 Å². The first-order chi connectivity index (χ1) is 7.67. The molecule has 1 unspecified atom stereocenters. The van der Waals surface area contributed by atoms with Gasteiger partial charge in [0.2, 0.25) is 0 Å². The van der Waals surface area contributed by atoms with E-state index in [1.807, 2.05) is 12.1 Å². The Labute approximate surface area is 97.8 Å². The van der Waals surface area contributed by atoms with Crippen molar-refractivity contribution in [3.8, 4) is 0 Å². The smallest absolute Gasteiger partial charge is 0.0823 e. The summed E-state index contributed by atoms with van der Waals surface area (Å²) in [6, 6.07) is 5.65. The molecule has 0 bridgehead atoms. The van der Waals surface area contributed by atoms with Crippen LogP contribution in [0.1, 0.15) is 44.8 Å². The molecule has 3 nitrogen and oxygen atoms in total. The van der Waals surface area contributed by atoms with Gasteiger partial charge in [-0.2, -0.15) is 0 Å². The molecule has 0 aliphatic rings. The molecule has 1 aromatic carbocycles. The topological polar surface area (TPSA) is 61.3 Å². The average Bonchev–Trinajstić information content (AvgIpc) is 2.23. The monoisotopic (exact) mass is 222 g/mol. The minimum atomic E-state index is 0.109. The van der Waals surface area contributed by atoms with Crippen LogP contribution in [0.4, 0.5) is 11.4 Å². The molecule has 0 aromatic heterocycles. The maximum Gasteiger partial charge on any atom is 0.0823 e. The van der Waals surface area contributed by atoms with Crippen molar-refractivity contribution in [2.75, 3.05) is 18.1 Å². The highest BCUT2D eigenvalue weighted by Crippen LogP contribution is 2.25. The van der Waals surface area contributed by atoms with Crippen LogP contribution in [0.3, 0.4) is 0 Å². The molecule has 1 atom stereocenters. The lowest BCUT2D eigenvalue weighted by Gasteiger charge is -2.17. The molecule has 4 N–H and O–H groups in total. The number of rotatable bonds is 6. The third-order valence-electron chi connectivity index (χ3n) is 2.56. The highest BCUT2D eigenvalue weighted by Gasteiger charge is 2.10. The first kappa shape index (κ1) is 12.8. The van der Waals surface area contributed by atoms with E-state index in [1.165, 1.54) is 0 Å². The highest BCUT2D eigenvalue weighted by molar-refractivity contribution is 5.54. The molecular weight excluding hydrogens is 200 g/mol. The Hall–Kier alpha value is -1.22. The molecule has 0 heterocycles. The van der Waals surface area contributed by atoms with Crippen molar-refractivity contribution in [3.05, 3.63) is 23.8 Å². The fourth-order valence-corrected chi connectivity index (χ4v) is 1.71. The summed E-state index contributed by atoms with van der Waals surface area (Å²) in [5, 5.41) is 0. The van der Waals surface area contributed by atoms with Crippen molar-refractivity contribution < 1.29 is 4.74 Å². The second-order valence-electron chi connectivity index (χ2n) is 4.05. The third kappa shape index (κ3) is 3.74. The van der Waals surface area contributed by atoms with Gasteiger partial charge in [0.05, 0.1) is 6.10 Å². The van der Waals surface area contributed by atoms with Gasteiger partial charge in [-0.3, -0.25) is 0 Å². The Bertz CT molecular complexity index is 305. The minimum Gasteiger partial charge on any atom is -0.399 e. The summed E-state index contributed by atoms with van der Waals surface area (Å²) in [7, 11) is 0. The van der Waals surface area contributed by atoms with Gasteiger partial charge in [0, 0.05) is 18.0 Å².